The van der Waals surface area contributed by atoms with Gasteiger partial charge < -0.3 is 9.47 Å². The molecule has 0 fully saturated rings. The van der Waals surface area contributed by atoms with E-state index in [4.69, 9.17) is 9.47 Å². The molecule has 5 nitrogen and oxygen atoms in total. The average Bonchev–Trinajstić information content (AvgIpc) is 2.52. The maximum absolute atomic E-state index is 12.8. The summed E-state index contributed by atoms with van der Waals surface area (Å²) < 4.78 is 48.4. The van der Waals surface area contributed by atoms with E-state index < -0.39 is 29.4 Å². The number of amides is 1. The minimum atomic E-state index is -4.51. The zero-order chi connectivity index (χ0) is 20.8. The number of carbonyl (C=O) groups is 2. The van der Waals surface area contributed by atoms with Gasteiger partial charge in [0.15, 0.2) is 0 Å². The predicted octanol–water partition coefficient (Wildman–Crippen LogP) is 4.94. The third-order valence-electron chi connectivity index (χ3n) is 3.12. The Morgan fingerprint density at radius 3 is 2.07 bits per heavy atom. The fourth-order valence-corrected chi connectivity index (χ4v) is 2.03. The highest BCUT2D eigenvalue weighted by Crippen LogP contribution is 2.29. The topological polar surface area (TPSA) is 65.0 Å². The molecule has 0 radical (unpaired) electrons. The number of halogens is 3. The van der Waals surface area contributed by atoms with E-state index in [1.807, 2.05) is 0 Å². The lowest BCUT2D eigenvalue weighted by atomic mass is 10.0. The van der Waals surface area contributed by atoms with Crippen LogP contribution in [0.2, 0.25) is 0 Å². The number of hydrogen-bond donors (Lipinski definition) is 0. The molecular weight excluding hydrogens is 363 g/mol. The molecule has 0 bridgehead atoms. The molecule has 27 heavy (non-hydrogen) atoms. The summed E-state index contributed by atoms with van der Waals surface area (Å²) in [4.78, 5) is 28.1. The number of allylic oxidation sites excluding steroid dienone is 1. The van der Waals surface area contributed by atoms with Crippen molar-refractivity contribution in [2.45, 2.75) is 46.4 Å². The highest BCUT2D eigenvalue weighted by Gasteiger charge is 2.30. The van der Waals surface area contributed by atoms with Gasteiger partial charge in [0.25, 0.3) is 0 Å². The lowest BCUT2D eigenvalue weighted by Gasteiger charge is -2.18. The lowest BCUT2D eigenvalue weighted by molar-refractivity contribution is -0.138. The summed E-state index contributed by atoms with van der Waals surface area (Å²) >= 11 is 0. The number of rotatable bonds is 4. The molecular formula is C19H22F3NO4. The number of alkyl halides is 3. The first-order valence-corrected chi connectivity index (χ1v) is 8.22. The van der Waals surface area contributed by atoms with Crippen molar-refractivity contribution >= 4 is 17.8 Å². The standard InChI is InChI=1S/C19H22F3NO4/c1-6-14(16(24)26-7-2)15(23-17(25)27-18(3,4)5)12-8-10-13(11-9-12)19(20,21)22/h6,8-11H,7H2,1-5H3/b14-6+,23-15-. The Balaban J connectivity index is 3.41. The number of aliphatic imine (C=N–C) groups is 1. The molecule has 0 atom stereocenters. The molecule has 1 aromatic carbocycles. The highest BCUT2D eigenvalue weighted by atomic mass is 19.4. The molecule has 0 N–H and O–H groups in total. The van der Waals surface area contributed by atoms with Gasteiger partial charge in [0.05, 0.1) is 23.5 Å². The molecule has 8 heteroatoms. The molecule has 0 saturated heterocycles. The quantitative estimate of drug-likeness (QED) is 0.418. The van der Waals surface area contributed by atoms with E-state index in [9.17, 15) is 22.8 Å². The summed E-state index contributed by atoms with van der Waals surface area (Å²) in [6, 6.07) is 3.96. The molecule has 0 unspecified atom stereocenters. The van der Waals surface area contributed by atoms with Crippen molar-refractivity contribution in [2.24, 2.45) is 4.99 Å². The zero-order valence-corrected chi connectivity index (χ0v) is 15.8. The van der Waals surface area contributed by atoms with E-state index >= 15 is 0 Å². The number of benzene rings is 1. The first-order valence-electron chi connectivity index (χ1n) is 8.22. The molecule has 0 aromatic heterocycles. The van der Waals surface area contributed by atoms with Gasteiger partial charge in [0.1, 0.15) is 5.60 Å². The average molecular weight is 385 g/mol. The Morgan fingerprint density at radius 1 is 1.11 bits per heavy atom. The van der Waals surface area contributed by atoms with Gasteiger partial charge in [0.2, 0.25) is 0 Å². The second kappa shape index (κ2) is 8.83. The summed E-state index contributed by atoms with van der Waals surface area (Å²) in [5.74, 6) is -0.748. The molecule has 0 heterocycles. The van der Waals surface area contributed by atoms with E-state index in [1.54, 1.807) is 27.7 Å². The first kappa shape index (κ1) is 22.4. The van der Waals surface area contributed by atoms with Crippen molar-refractivity contribution in [1.82, 2.24) is 0 Å². The monoisotopic (exact) mass is 385 g/mol. The number of nitrogens with zero attached hydrogens (tertiary/aromatic N) is 1. The van der Waals surface area contributed by atoms with Crippen LogP contribution in [0, 0.1) is 0 Å². The molecule has 148 valence electrons. The summed E-state index contributed by atoms with van der Waals surface area (Å²) in [5.41, 5.74) is -1.72. The Labute approximate surface area is 155 Å². The van der Waals surface area contributed by atoms with Crippen LogP contribution in [0.5, 0.6) is 0 Å². The third-order valence-corrected chi connectivity index (χ3v) is 3.12. The van der Waals surface area contributed by atoms with E-state index in [2.05, 4.69) is 4.99 Å². The SMILES string of the molecule is C/C=C(C(=O)OCC)\C(=N/C(=O)OC(C)(C)C)c1ccc(C(F)(F)F)cc1. The van der Waals surface area contributed by atoms with Crippen LogP contribution >= 0.6 is 0 Å². The van der Waals surface area contributed by atoms with Gasteiger partial charge in [-0.25, -0.2) is 9.59 Å². The maximum Gasteiger partial charge on any atom is 0.434 e. The maximum atomic E-state index is 12.8. The lowest BCUT2D eigenvalue weighted by Crippen LogP contribution is -2.24. The smallest absolute Gasteiger partial charge is 0.434 e. The fourth-order valence-electron chi connectivity index (χ4n) is 2.03. The number of ether oxygens (including phenoxy) is 2. The fraction of sp³-hybridized carbons (Fsp3) is 0.421. The van der Waals surface area contributed by atoms with Crippen molar-refractivity contribution < 1.29 is 32.2 Å². The Bertz CT molecular complexity index is 742. The summed E-state index contributed by atoms with van der Waals surface area (Å²) in [7, 11) is 0. The van der Waals surface area contributed by atoms with Crippen molar-refractivity contribution in [1.29, 1.82) is 0 Å². The molecule has 0 aliphatic heterocycles. The Morgan fingerprint density at radius 2 is 1.67 bits per heavy atom. The zero-order valence-electron chi connectivity index (χ0n) is 15.8. The van der Waals surface area contributed by atoms with Gasteiger partial charge >= 0.3 is 18.2 Å². The molecule has 0 aliphatic carbocycles. The van der Waals surface area contributed by atoms with Gasteiger partial charge in [-0.15, -0.1) is 0 Å². The van der Waals surface area contributed by atoms with Crippen molar-refractivity contribution in [3.63, 3.8) is 0 Å². The second-order valence-electron chi connectivity index (χ2n) is 6.44. The molecule has 1 aromatic rings. The molecule has 1 rings (SSSR count). The van der Waals surface area contributed by atoms with Crippen molar-refractivity contribution in [3.8, 4) is 0 Å². The molecule has 0 spiro atoms. The van der Waals surface area contributed by atoms with Crippen LogP contribution in [-0.4, -0.2) is 30.0 Å². The van der Waals surface area contributed by atoms with Gasteiger partial charge in [-0.2, -0.15) is 18.2 Å². The normalized spacial score (nSPS) is 13.3. The minimum absolute atomic E-state index is 0.0533. The molecule has 0 aliphatic rings. The van der Waals surface area contributed by atoms with Gasteiger partial charge in [-0.05, 0) is 46.8 Å². The van der Waals surface area contributed by atoms with Crippen LogP contribution in [0.25, 0.3) is 0 Å². The predicted molar refractivity (Wildman–Crippen MR) is 94.6 cm³/mol. The number of hydrogen-bond acceptors (Lipinski definition) is 4. The van der Waals surface area contributed by atoms with E-state index in [-0.39, 0.29) is 23.5 Å². The summed E-state index contributed by atoms with van der Waals surface area (Å²) in [6.45, 7) is 8.14. The first-order chi connectivity index (χ1) is 12.4. The Kier molecular flexibility index (Phi) is 7.33. The number of esters is 1. The molecule has 0 saturated carbocycles. The Hall–Kier alpha value is -2.64. The largest absolute Gasteiger partial charge is 0.462 e. The van der Waals surface area contributed by atoms with Gasteiger partial charge in [-0.1, -0.05) is 18.2 Å². The van der Waals surface area contributed by atoms with E-state index in [1.165, 1.54) is 13.0 Å². The van der Waals surface area contributed by atoms with Crippen LogP contribution in [0.3, 0.4) is 0 Å². The van der Waals surface area contributed by atoms with Crippen molar-refractivity contribution in [2.75, 3.05) is 6.61 Å². The van der Waals surface area contributed by atoms with Crippen LogP contribution in [0.4, 0.5) is 18.0 Å². The van der Waals surface area contributed by atoms with Crippen LogP contribution in [0.15, 0.2) is 40.9 Å². The number of carbonyl (C=O) groups excluding carboxylic acids is 2. The van der Waals surface area contributed by atoms with E-state index in [0.29, 0.717) is 0 Å². The summed E-state index contributed by atoms with van der Waals surface area (Å²) in [6.07, 6.45) is -4.11. The van der Waals surface area contributed by atoms with Crippen LogP contribution in [0.1, 0.15) is 45.7 Å². The van der Waals surface area contributed by atoms with Crippen molar-refractivity contribution in [3.05, 3.63) is 47.0 Å². The van der Waals surface area contributed by atoms with Gasteiger partial charge in [-0.3, -0.25) is 0 Å². The highest BCUT2D eigenvalue weighted by molar-refractivity contribution is 6.28. The minimum Gasteiger partial charge on any atom is -0.462 e. The summed E-state index contributed by atoms with van der Waals surface area (Å²) in [5, 5.41) is 0. The van der Waals surface area contributed by atoms with Crippen LogP contribution < -0.4 is 0 Å². The third kappa shape index (κ3) is 6.88. The van der Waals surface area contributed by atoms with Gasteiger partial charge in [0, 0.05) is 5.56 Å². The molecule has 1 amide bonds. The van der Waals surface area contributed by atoms with E-state index in [0.717, 1.165) is 24.3 Å². The second-order valence-corrected chi connectivity index (χ2v) is 6.44. The van der Waals surface area contributed by atoms with Crippen LogP contribution in [-0.2, 0) is 20.4 Å².